The van der Waals surface area contributed by atoms with Crippen LogP contribution in [0.2, 0.25) is 0 Å². The van der Waals surface area contributed by atoms with Crippen molar-refractivity contribution in [3.63, 3.8) is 0 Å². The summed E-state index contributed by atoms with van der Waals surface area (Å²) in [5.74, 6) is -4.33. The fourth-order valence-electron chi connectivity index (χ4n) is 1.23. The summed E-state index contributed by atoms with van der Waals surface area (Å²) in [7, 11) is 0. The summed E-state index contributed by atoms with van der Waals surface area (Å²) >= 11 is 0. The Bertz CT molecular complexity index is 354. The molecule has 2 nitrogen and oxygen atoms in total. The second kappa shape index (κ2) is 3.92. The lowest BCUT2D eigenvalue weighted by Crippen LogP contribution is -2.28. The maximum absolute atomic E-state index is 12.4. The first kappa shape index (κ1) is 11.6. The van der Waals surface area contributed by atoms with Gasteiger partial charge in [-0.1, -0.05) is 29.8 Å². The predicted molar refractivity (Wildman–Crippen MR) is 47.6 cm³/mol. The molecule has 0 radical (unpaired) electrons. The van der Waals surface area contributed by atoms with E-state index >= 15 is 0 Å². The average Bonchev–Trinajstić information content (AvgIpc) is 2.05. The lowest BCUT2D eigenvalue weighted by molar-refractivity contribution is -0.176. The number of aliphatic carboxylic acids is 1. The van der Waals surface area contributed by atoms with Crippen LogP contribution in [0.5, 0.6) is 0 Å². The average molecular weight is 218 g/mol. The summed E-state index contributed by atoms with van der Waals surface area (Å²) in [5.41, 5.74) is 0.533. The minimum Gasteiger partial charge on any atom is -0.481 e. The van der Waals surface area contributed by atoms with Gasteiger partial charge in [-0.25, -0.2) is 0 Å². The summed E-state index contributed by atoms with van der Waals surface area (Å²) in [6.45, 7) is 1.72. The molecule has 0 heterocycles. The number of carboxylic acid groups (broad SMARTS) is 1. The maximum Gasteiger partial charge on any atom is 0.406 e. The summed E-state index contributed by atoms with van der Waals surface area (Å²) in [6, 6.07) is 5.28. The molecule has 0 aliphatic heterocycles. The van der Waals surface area contributed by atoms with Crippen LogP contribution in [0.1, 0.15) is 17.0 Å². The Kier molecular flexibility index (Phi) is 3.02. The maximum atomic E-state index is 12.4. The summed E-state index contributed by atoms with van der Waals surface area (Å²) in [5, 5.41) is 8.51. The van der Waals surface area contributed by atoms with Gasteiger partial charge in [0, 0.05) is 0 Å². The molecule has 1 atom stereocenters. The molecule has 82 valence electrons. The molecule has 1 unspecified atom stereocenters. The zero-order valence-corrected chi connectivity index (χ0v) is 7.88. The van der Waals surface area contributed by atoms with Crippen molar-refractivity contribution in [2.75, 3.05) is 0 Å². The highest BCUT2D eigenvalue weighted by Crippen LogP contribution is 2.34. The van der Waals surface area contributed by atoms with Gasteiger partial charge in [0.05, 0.1) is 0 Å². The molecule has 1 N–H and O–H groups in total. The van der Waals surface area contributed by atoms with Crippen molar-refractivity contribution >= 4 is 5.97 Å². The molecule has 0 amide bonds. The van der Waals surface area contributed by atoms with Gasteiger partial charge in [0.15, 0.2) is 5.92 Å². The molecule has 0 fully saturated rings. The minimum atomic E-state index is -4.76. The van der Waals surface area contributed by atoms with Crippen LogP contribution in [0.15, 0.2) is 24.3 Å². The highest BCUT2D eigenvalue weighted by Gasteiger charge is 2.46. The first-order valence-electron chi connectivity index (χ1n) is 4.18. The van der Waals surface area contributed by atoms with Crippen LogP contribution in [0.4, 0.5) is 13.2 Å². The normalized spacial score (nSPS) is 13.6. The molecule has 0 saturated carbocycles. The molecule has 0 spiro atoms. The molecule has 0 aromatic heterocycles. The van der Waals surface area contributed by atoms with E-state index in [4.69, 9.17) is 5.11 Å². The van der Waals surface area contributed by atoms with Gasteiger partial charge in [-0.05, 0) is 12.5 Å². The summed E-state index contributed by atoms with van der Waals surface area (Å²) in [6.07, 6.45) is -4.76. The van der Waals surface area contributed by atoms with E-state index in [-0.39, 0.29) is 5.56 Å². The molecule has 0 aliphatic carbocycles. The Hall–Kier alpha value is -1.52. The van der Waals surface area contributed by atoms with E-state index in [1.807, 2.05) is 0 Å². The van der Waals surface area contributed by atoms with E-state index in [1.54, 1.807) is 6.92 Å². The third kappa shape index (κ3) is 2.71. The number of hydrogen-bond donors (Lipinski definition) is 1. The first-order valence-corrected chi connectivity index (χ1v) is 4.18. The molecule has 15 heavy (non-hydrogen) atoms. The Morgan fingerprint density at radius 3 is 2.07 bits per heavy atom. The van der Waals surface area contributed by atoms with Crippen LogP contribution >= 0.6 is 0 Å². The third-order valence-corrected chi connectivity index (χ3v) is 1.98. The minimum absolute atomic E-state index is 0.249. The number of alkyl halides is 3. The molecule has 0 aliphatic rings. The molecule has 5 heteroatoms. The van der Waals surface area contributed by atoms with Gasteiger partial charge in [0.1, 0.15) is 0 Å². The van der Waals surface area contributed by atoms with E-state index in [1.165, 1.54) is 24.3 Å². The zero-order valence-electron chi connectivity index (χ0n) is 7.88. The number of carbonyl (C=O) groups is 1. The van der Waals surface area contributed by atoms with Gasteiger partial charge in [-0.3, -0.25) is 4.79 Å². The first-order chi connectivity index (χ1) is 6.82. The van der Waals surface area contributed by atoms with Crippen molar-refractivity contribution in [3.8, 4) is 0 Å². The van der Waals surface area contributed by atoms with E-state index < -0.39 is 18.1 Å². The Labute approximate surface area is 84.3 Å². The van der Waals surface area contributed by atoms with Crippen molar-refractivity contribution in [2.45, 2.75) is 19.0 Å². The molecule has 1 rings (SSSR count). The quantitative estimate of drug-likeness (QED) is 0.828. The van der Waals surface area contributed by atoms with Gasteiger partial charge in [0.25, 0.3) is 0 Å². The van der Waals surface area contributed by atoms with Crippen LogP contribution in [0.3, 0.4) is 0 Å². The van der Waals surface area contributed by atoms with Crippen LogP contribution in [0, 0.1) is 6.92 Å². The highest BCUT2D eigenvalue weighted by molar-refractivity contribution is 5.77. The number of hydrogen-bond acceptors (Lipinski definition) is 1. The summed E-state index contributed by atoms with van der Waals surface area (Å²) < 4.78 is 37.1. The van der Waals surface area contributed by atoms with Crippen LogP contribution in [0.25, 0.3) is 0 Å². The van der Waals surface area contributed by atoms with Gasteiger partial charge in [-0.15, -0.1) is 0 Å². The topological polar surface area (TPSA) is 37.3 Å². The summed E-state index contributed by atoms with van der Waals surface area (Å²) in [4.78, 5) is 10.5. The smallest absolute Gasteiger partial charge is 0.406 e. The number of carboxylic acids is 1. The SMILES string of the molecule is Cc1ccc(C(C(=O)O)C(F)(F)F)cc1. The second-order valence-corrected chi connectivity index (χ2v) is 3.22. The number of halogens is 3. The number of benzene rings is 1. The Balaban J connectivity index is 3.11. The molecule has 1 aromatic carbocycles. The highest BCUT2D eigenvalue weighted by atomic mass is 19.4. The van der Waals surface area contributed by atoms with Gasteiger partial charge < -0.3 is 5.11 Å². The van der Waals surface area contributed by atoms with Crippen molar-refractivity contribution in [1.82, 2.24) is 0 Å². The van der Waals surface area contributed by atoms with E-state index in [0.717, 1.165) is 5.56 Å². The Morgan fingerprint density at radius 1 is 1.27 bits per heavy atom. The molecule has 0 bridgehead atoms. The van der Waals surface area contributed by atoms with E-state index in [9.17, 15) is 18.0 Å². The van der Waals surface area contributed by atoms with Gasteiger partial charge in [0.2, 0.25) is 0 Å². The van der Waals surface area contributed by atoms with Gasteiger partial charge in [-0.2, -0.15) is 13.2 Å². The molecule has 0 saturated heterocycles. The van der Waals surface area contributed by atoms with Crippen molar-refractivity contribution in [3.05, 3.63) is 35.4 Å². The van der Waals surface area contributed by atoms with Crippen molar-refractivity contribution in [1.29, 1.82) is 0 Å². The fourth-order valence-corrected chi connectivity index (χ4v) is 1.23. The largest absolute Gasteiger partial charge is 0.481 e. The van der Waals surface area contributed by atoms with Gasteiger partial charge >= 0.3 is 12.1 Å². The lowest BCUT2D eigenvalue weighted by Gasteiger charge is -2.16. The third-order valence-electron chi connectivity index (χ3n) is 1.98. The monoisotopic (exact) mass is 218 g/mol. The zero-order chi connectivity index (χ0) is 11.6. The predicted octanol–water partition coefficient (Wildman–Crippen LogP) is 2.73. The van der Waals surface area contributed by atoms with Crippen LogP contribution < -0.4 is 0 Å². The fraction of sp³-hybridized carbons (Fsp3) is 0.300. The second-order valence-electron chi connectivity index (χ2n) is 3.22. The van der Waals surface area contributed by atoms with Crippen LogP contribution in [-0.4, -0.2) is 17.3 Å². The molecular formula is C10H9F3O2. The Morgan fingerprint density at radius 2 is 1.73 bits per heavy atom. The van der Waals surface area contributed by atoms with E-state index in [2.05, 4.69) is 0 Å². The van der Waals surface area contributed by atoms with Crippen molar-refractivity contribution in [2.24, 2.45) is 0 Å². The molecule has 1 aromatic rings. The van der Waals surface area contributed by atoms with E-state index in [0.29, 0.717) is 0 Å². The number of aryl methyl sites for hydroxylation is 1. The molecular weight excluding hydrogens is 209 g/mol. The van der Waals surface area contributed by atoms with Crippen LogP contribution in [-0.2, 0) is 4.79 Å². The lowest BCUT2D eigenvalue weighted by atomic mass is 9.98. The number of rotatable bonds is 2. The van der Waals surface area contributed by atoms with Crippen molar-refractivity contribution < 1.29 is 23.1 Å². The standard InChI is InChI=1S/C10H9F3O2/c1-6-2-4-7(5-3-6)8(9(14)15)10(11,12)13/h2-5,8H,1H3,(H,14,15).